The molecule has 164 valence electrons. The van der Waals surface area contributed by atoms with Crippen LogP contribution >= 0.6 is 0 Å². The van der Waals surface area contributed by atoms with Crippen molar-refractivity contribution < 1.29 is 19.4 Å². The van der Waals surface area contributed by atoms with Gasteiger partial charge in [-0.15, -0.1) is 0 Å². The van der Waals surface area contributed by atoms with Gasteiger partial charge in [0.25, 0.3) is 6.47 Å². The number of hydrogen-bond donors (Lipinski definition) is 1. The average molecular weight is 405 g/mol. The molecule has 0 aromatic heterocycles. The van der Waals surface area contributed by atoms with Crippen molar-refractivity contribution in [1.29, 1.82) is 0 Å². The summed E-state index contributed by atoms with van der Waals surface area (Å²) in [7, 11) is 0. The van der Waals surface area contributed by atoms with Gasteiger partial charge in [0.05, 0.1) is 5.41 Å². The Kier molecular flexibility index (Phi) is 9.88. The van der Waals surface area contributed by atoms with E-state index in [-0.39, 0.29) is 5.60 Å². The molecular weight excluding hydrogens is 364 g/mol. The zero-order chi connectivity index (χ0) is 22.1. The number of hydrogen-bond acceptors (Lipinski definition) is 3. The molecule has 29 heavy (non-hydrogen) atoms. The van der Waals surface area contributed by atoms with Crippen molar-refractivity contribution >= 4 is 12.4 Å². The lowest BCUT2D eigenvalue weighted by Gasteiger charge is -2.22. The summed E-state index contributed by atoms with van der Waals surface area (Å²) >= 11 is 0. The predicted octanol–water partition coefficient (Wildman–Crippen LogP) is 6.18. The van der Waals surface area contributed by atoms with E-state index in [0.717, 1.165) is 57.8 Å². The molecule has 1 aromatic carbocycles. The number of aliphatic carboxylic acids is 1. The molecule has 0 fully saturated rings. The first-order valence-corrected chi connectivity index (χ1v) is 10.9. The Morgan fingerprint density at radius 1 is 0.966 bits per heavy atom. The maximum absolute atomic E-state index is 11.2. The molecule has 0 heterocycles. The third-order valence-corrected chi connectivity index (χ3v) is 6.02. The number of carbonyl (C=O) groups excluding carboxylic acids is 1. The van der Waals surface area contributed by atoms with Crippen LogP contribution in [0, 0.1) is 19.3 Å². The third-order valence-electron chi connectivity index (χ3n) is 6.02. The second-order valence-corrected chi connectivity index (χ2v) is 9.63. The van der Waals surface area contributed by atoms with E-state index in [1.807, 2.05) is 13.8 Å². The maximum atomic E-state index is 11.2. The normalized spacial score (nSPS) is 12.1. The zero-order valence-electron chi connectivity index (χ0n) is 19.3. The fourth-order valence-corrected chi connectivity index (χ4v) is 3.65. The minimum Gasteiger partial charge on any atom is -0.481 e. The standard InChI is InChI=1S/C25H40O4/c1-19-16-21(12-9-11-15-25(5,6)29-18-26)17-22(20(19)2)13-8-7-10-14-24(3,4)23(27)28/h16-18H,7-15H2,1-6H3,(H,27,28). The van der Waals surface area contributed by atoms with Crippen molar-refractivity contribution in [3.63, 3.8) is 0 Å². The summed E-state index contributed by atoms with van der Waals surface area (Å²) in [5, 5.41) is 9.21. The van der Waals surface area contributed by atoms with Gasteiger partial charge in [-0.1, -0.05) is 25.0 Å². The molecule has 0 aliphatic carbocycles. The van der Waals surface area contributed by atoms with Gasteiger partial charge in [0, 0.05) is 0 Å². The zero-order valence-corrected chi connectivity index (χ0v) is 19.3. The molecule has 0 unspecified atom stereocenters. The highest BCUT2D eigenvalue weighted by atomic mass is 16.5. The summed E-state index contributed by atoms with van der Waals surface area (Å²) in [5.74, 6) is -0.710. The molecule has 0 bridgehead atoms. The predicted molar refractivity (Wildman–Crippen MR) is 118 cm³/mol. The van der Waals surface area contributed by atoms with Crippen LogP contribution in [-0.2, 0) is 27.2 Å². The number of rotatable bonds is 14. The Labute approximate surface area is 177 Å². The number of carboxylic acid groups (broad SMARTS) is 1. The van der Waals surface area contributed by atoms with Gasteiger partial charge in [-0.2, -0.15) is 0 Å². The van der Waals surface area contributed by atoms with E-state index in [1.54, 1.807) is 13.8 Å². The van der Waals surface area contributed by atoms with Crippen molar-refractivity contribution in [1.82, 2.24) is 0 Å². The Morgan fingerprint density at radius 2 is 1.59 bits per heavy atom. The van der Waals surface area contributed by atoms with Crippen molar-refractivity contribution in [2.45, 2.75) is 105 Å². The molecule has 0 aliphatic rings. The van der Waals surface area contributed by atoms with E-state index in [1.165, 1.54) is 22.3 Å². The van der Waals surface area contributed by atoms with E-state index in [9.17, 15) is 14.7 Å². The fraction of sp³-hybridized carbons (Fsp3) is 0.680. The molecule has 1 N–H and O–H groups in total. The van der Waals surface area contributed by atoms with Crippen LogP contribution in [0.5, 0.6) is 0 Å². The lowest BCUT2D eigenvalue weighted by molar-refractivity contribution is -0.147. The number of unbranched alkanes of at least 4 members (excludes halogenated alkanes) is 3. The van der Waals surface area contributed by atoms with Gasteiger partial charge >= 0.3 is 5.97 Å². The molecule has 0 amide bonds. The highest BCUT2D eigenvalue weighted by molar-refractivity contribution is 5.73. The van der Waals surface area contributed by atoms with Gasteiger partial charge in [0.2, 0.25) is 0 Å². The molecule has 1 aromatic rings. The van der Waals surface area contributed by atoms with Gasteiger partial charge < -0.3 is 9.84 Å². The summed E-state index contributed by atoms with van der Waals surface area (Å²) in [6, 6.07) is 4.64. The van der Waals surface area contributed by atoms with Crippen LogP contribution < -0.4 is 0 Å². The fourth-order valence-electron chi connectivity index (χ4n) is 3.65. The van der Waals surface area contributed by atoms with Gasteiger partial charge in [0.15, 0.2) is 0 Å². The van der Waals surface area contributed by atoms with E-state index in [4.69, 9.17) is 4.74 Å². The quantitative estimate of drug-likeness (QED) is 0.297. The molecule has 0 spiro atoms. The van der Waals surface area contributed by atoms with Gasteiger partial charge in [-0.3, -0.25) is 9.59 Å². The van der Waals surface area contributed by atoms with Crippen LogP contribution in [-0.4, -0.2) is 23.1 Å². The summed E-state index contributed by atoms with van der Waals surface area (Å²) in [5.41, 5.74) is 4.50. The Morgan fingerprint density at radius 3 is 2.21 bits per heavy atom. The van der Waals surface area contributed by atoms with E-state index in [2.05, 4.69) is 26.0 Å². The largest absolute Gasteiger partial charge is 0.481 e. The summed E-state index contributed by atoms with van der Waals surface area (Å²) < 4.78 is 5.12. The molecule has 0 radical (unpaired) electrons. The molecule has 1 rings (SSSR count). The monoisotopic (exact) mass is 404 g/mol. The van der Waals surface area contributed by atoms with Gasteiger partial charge in [0.1, 0.15) is 5.60 Å². The molecule has 0 aliphatic heterocycles. The number of aryl methyl sites for hydroxylation is 3. The SMILES string of the molecule is Cc1cc(CCCCC(C)(C)OC=O)cc(CCCCCC(C)(C)C(=O)O)c1C. The molecule has 4 heteroatoms. The second-order valence-electron chi connectivity index (χ2n) is 9.63. The number of ether oxygens (including phenoxy) is 1. The van der Waals surface area contributed by atoms with Crippen LogP contribution in [0.25, 0.3) is 0 Å². The highest BCUT2D eigenvalue weighted by Gasteiger charge is 2.25. The van der Waals surface area contributed by atoms with Crippen LogP contribution in [0.1, 0.15) is 94.9 Å². The summed E-state index contributed by atoms with van der Waals surface area (Å²) in [6.45, 7) is 12.4. The molecule has 0 saturated heterocycles. The third kappa shape index (κ3) is 9.01. The Bertz CT molecular complexity index is 674. The lowest BCUT2D eigenvalue weighted by Crippen LogP contribution is -2.23. The average Bonchev–Trinajstić information content (AvgIpc) is 2.61. The molecule has 0 atom stereocenters. The minimum absolute atomic E-state index is 0.384. The van der Waals surface area contributed by atoms with Crippen LogP contribution in [0.4, 0.5) is 0 Å². The van der Waals surface area contributed by atoms with Crippen LogP contribution in [0.3, 0.4) is 0 Å². The first kappa shape index (κ1) is 25.2. The molecule has 4 nitrogen and oxygen atoms in total. The van der Waals surface area contributed by atoms with Crippen molar-refractivity contribution in [2.75, 3.05) is 0 Å². The summed E-state index contributed by atoms with van der Waals surface area (Å²) in [4.78, 5) is 21.7. The maximum Gasteiger partial charge on any atom is 0.309 e. The number of benzene rings is 1. The molecule has 0 saturated carbocycles. The topological polar surface area (TPSA) is 63.6 Å². The smallest absolute Gasteiger partial charge is 0.309 e. The number of carbonyl (C=O) groups is 2. The Hall–Kier alpha value is -1.84. The minimum atomic E-state index is -0.710. The lowest BCUT2D eigenvalue weighted by atomic mass is 9.86. The second kappa shape index (κ2) is 11.4. The van der Waals surface area contributed by atoms with Crippen LogP contribution in [0.2, 0.25) is 0 Å². The first-order chi connectivity index (χ1) is 13.5. The van der Waals surface area contributed by atoms with E-state index in [0.29, 0.717) is 6.47 Å². The van der Waals surface area contributed by atoms with E-state index >= 15 is 0 Å². The van der Waals surface area contributed by atoms with Crippen LogP contribution in [0.15, 0.2) is 12.1 Å². The van der Waals surface area contributed by atoms with Gasteiger partial charge in [-0.05, 0) is 109 Å². The van der Waals surface area contributed by atoms with Crippen molar-refractivity contribution in [3.8, 4) is 0 Å². The summed E-state index contributed by atoms with van der Waals surface area (Å²) in [6.07, 6.45) is 8.91. The highest BCUT2D eigenvalue weighted by Crippen LogP contribution is 2.25. The Balaban J connectivity index is 2.51. The first-order valence-electron chi connectivity index (χ1n) is 10.9. The molecular formula is C25H40O4. The van der Waals surface area contributed by atoms with E-state index < -0.39 is 11.4 Å². The van der Waals surface area contributed by atoms with Gasteiger partial charge in [-0.25, -0.2) is 0 Å². The van der Waals surface area contributed by atoms with Crippen molar-refractivity contribution in [3.05, 3.63) is 34.4 Å². The number of carboxylic acids is 1. The van der Waals surface area contributed by atoms with Crippen molar-refractivity contribution in [2.24, 2.45) is 5.41 Å².